The minimum absolute atomic E-state index is 0.0125. The van der Waals surface area contributed by atoms with Crippen molar-refractivity contribution in [2.75, 3.05) is 5.32 Å². The van der Waals surface area contributed by atoms with Crippen LogP contribution in [0.2, 0.25) is 0 Å². The first-order valence-electron chi connectivity index (χ1n) is 6.76. The maximum atomic E-state index is 12.3. The Kier molecular flexibility index (Phi) is 3.04. The third kappa shape index (κ3) is 2.09. The highest BCUT2D eigenvalue weighted by molar-refractivity contribution is 6.02. The fourth-order valence-electron chi connectivity index (χ4n) is 2.86. The minimum Gasteiger partial charge on any atom is -0.481 e. The maximum absolute atomic E-state index is 12.3. The van der Waals surface area contributed by atoms with E-state index in [0.29, 0.717) is 31.2 Å². The van der Waals surface area contributed by atoms with Crippen molar-refractivity contribution in [3.05, 3.63) is 29.3 Å². The Morgan fingerprint density at radius 3 is 2.55 bits per heavy atom. The average molecular weight is 273 g/mol. The van der Waals surface area contributed by atoms with Crippen LogP contribution in [0.1, 0.15) is 35.2 Å². The number of fused-ring (bicyclic) bond motifs is 1. The van der Waals surface area contributed by atoms with Gasteiger partial charge in [-0.2, -0.15) is 0 Å². The van der Waals surface area contributed by atoms with E-state index in [2.05, 4.69) is 5.32 Å². The van der Waals surface area contributed by atoms with Gasteiger partial charge in [-0.15, -0.1) is 0 Å². The summed E-state index contributed by atoms with van der Waals surface area (Å²) < 4.78 is 0. The van der Waals surface area contributed by atoms with Crippen molar-refractivity contribution >= 4 is 23.3 Å². The van der Waals surface area contributed by atoms with E-state index in [1.165, 1.54) is 0 Å². The van der Waals surface area contributed by atoms with E-state index >= 15 is 0 Å². The first-order chi connectivity index (χ1) is 9.56. The summed E-state index contributed by atoms with van der Waals surface area (Å²) in [6.07, 6.45) is 2.26. The van der Waals surface area contributed by atoms with Crippen LogP contribution in [0.3, 0.4) is 0 Å². The molecule has 2 N–H and O–H groups in total. The number of rotatable bonds is 3. The SMILES string of the molecule is O=C1CCc2cc(C(=O)C3CCC3C(=O)O)ccc2N1. The molecule has 1 heterocycles. The third-order valence-corrected chi connectivity index (χ3v) is 4.21. The molecule has 2 atom stereocenters. The van der Waals surface area contributed by atoms with Gasteiger partial charge >= 0.3 is 5.97 Å². The molecule has 104 valence electrons. The van der Waals surface area contributed by atoms with Gasteiger partial charge in [-0.25, -0.2) is 0 Å². The molecule has 5 heteroatoms. The summed E-state index contributed by atoms with van der Waals surface area (Å²) >= 11 is 0. The van der Waals surface area contributed by atoms with E-state index in [9.17, 15) is 14.4 Å². The van der Waals surface area contributed by atoms with Crippen molar-refractivity contribution in [1.82, 2.24) is 0 Å². The maximum Gasteiger partial charge on any atom is 0.307 e. The second-order valence-corrected chi connectivity index (χ2v) is 5.41. The van der Waals surface area contributed by atoms with Crippen LogP contribution in [0.4, 0.5) is 5.69 Å². The summed E-state index contributed by atoms with van der Waals surface area (Å²) in [4.78, 5) is 34.6. The lowest BCUT2D eigenvalue weighted by atomic mass is 9.70. The Morgan fingerprint density at radius 1 is 1.15 bits per heavy atom. The van der Waals surface area contributed by atoms with Crippen LogP contribution in [0, 0.1) is 11.8 Å². The number of carbonyl (C=O) groups is 3. The Hall–Kier alpha value is -2.17. The number of amides is 1. The van der Waals surface area contributed by atoms with Crippen LogP contribution in [0.25, 0.3) is 0 Å². The zero-order chi connectivity index (χ0) is 14.3. The third-order valence-electron chi connectivity index (χ3n) is 4.21. The van der Waals surface area contributed by atoms with Crippen LogP contribution < -0.4 is 5.32 Å². The molecule has 20 heavy (non-hydrogen) atoms. The van der Waals surface area contributed by atoms with Gasteiger partial charge in [-0.05, 0) is 43.0 Å². The Bertz CT molecular complexity index is 608. The van der Waals surface area contributed by atoms with Gasteiger partial charge in [0.25, 0.3) is 0 Å². The lowest BCUT2D eigenvalue weighted by Crippen LogP contribution is -2.38. The molecular weight excluding hydrogens is 258 g/mol. The molecular formula is C15H15NO4. The van der Waals surface area contributed by atoms with Crippen LogP contribution in [0.5, 0.6) is 0 Å². The van der Waals surface area contributed by atoms with Crippen molar-refractivity contribution < 1.29 is 19.5 Å². The van der Waals surface area contributed by atoms with E-state index in [0.717, 1.165) is 11.3 Å². The highest BCUT2D eigenvalue weighted by Crippen LogP contribution is 2.37. The monoisotopic (exact) mass is 273 g/mol. The molecule has 1 fully saturated rings. The molecule has 0 bridgehead atoms. The van der Waals surface area contributed by atoms with Crippen LogP contribution in [-0.4, -0.2) is 22.8 Å². The van der Waals surface area contributed by atoms with E-state index < -0.39 is 17.8 Å². The number of hydrogen-bond acceptors (Lipinski definition) is 3. The zero-order valence-corrected chi connectivity index (χ0v) is 10.9. The highest BCUT2D eigenvalue weighted by Gasteiger charge is 2.41. The van der Waals surface area contributed by atoms with Gasteiger partial charge in [0.2, 0.25) is 5.91 Å². The molecule has 1 aliphatic heterocycles. The van der Waals surface area contributed by atoms with Crippen LogP contribution in [-0.2, 0) is 16.0 Å². The van der Waals surface area contributed by atoms with E-state index in [4.69, 9.17) is 5.11 Å². The molecule has 1 aromatic rings. The number of carboxylic acids is 1. The number of aryl methyl sites for hydroxylation is 1. The fraction of sp³-hybridized carbons (Fsp3) is 0.400. The smallest absolute Gasteiger partial charge is 0.307 e. The molecule has 0 radical (unpaired) electrons. The summed E-state index contributed by atoms with van der Waals surface area (Å²) in [6, 6.07) is 5.19. The van der Waals surface area contributed by atoms with Gasteiger partial charge in [0.1, 0.15) is 0 Å². The number of carboxylic acid groups (broad SMARTS) is 1. The number of benzene rings is 1. The van der Waals surface area contributed by atoms with E-state index in [1.54, 1.807) is 18.2 Å². The van der Waals surface area contributed by atoms with Crippen molar-refractivity contribution in [2.24, 2.45) is 11.8 Å². The molecule has 1 aliphatic carbocycles. The van der Waals surface area contributed by atoms with Gasteiger partial charge in [-0.3, -0.25) is 14.4 Å². The van der Waals surface area contributed by atoms with Gasteiger partial charge in [-0.1, -0.05) is 0 Å². The van der Waals surface area contributed by atoms with Crippen molar-refractivity contribution in [3.63, 3.8) is 0 Å². The number of nitrogens with one attached hydrogen (secondary N) is 1. The molecule has 0 spiro atoms. The lowest BCUT2D eigenvalue weighted by Gasteiger charge is -2.32. The molecule has 2 unspecified atom stereocenters. The number of Topliss-reactive ketones (excluding diaryl/α,β-unsaturated/α-hetero) is 1. The highest BCUT2D eigenvalue weighted by atomic mass is 16.4. The first kappa shape index (κ1) is 12.8. The minimum atomic E-state index is -0.889. The van der Waals surface area contributed by atoms with Gasteiger partial charge in [0, 0.05) is 23.6 Å². The molecule has 2 aliphatic rings. The Balaban J connectivity index is 1.83. The summed E-state index contributed by atoms with van der Waals surface area (Å²) in [5, 5.41) is 11.8. The summed E-state index contributed by atoms with van der Waals surface area (Å²) in [6.45, 7) is 0. The second kappa shape index (κ2) is 4.74. The number of anilines is 1. The number of aliphatic carboxylic acids is 1. The number of carbonyl (C=O) groups excluding carboxylic acids is 2. The first-order valence-corrected chi connectivity index (χ1v) is 6.76. The fourth-order valence-corrected chi connectivity index (χ4v) is 2.86. The van der Waals surface area contributed by atoms with Crippen molar-refractivity contribution in [1.29, 1.82) is 0 Å². The van der Waals surface area contributed by atoms with Gasteiger partial charge in [0.05, 0.1) is 5.92 Å². The predicted molar refractivity (Wildman–Crippen MR) is 71.6 cm³/mol. The zero-order valence-electron chi connectivity index (χ0n) is 10.9. The normalized spacial score (nSPS) is 24.3. The quantitative estimate of drug-likeness (QED) is 0.823. The Morgan fingerprint density at radius 2 is 1.90 bits per heavy atom. The summed E-state index contributed by atoms with van der Waals surface area (Å²) in [5.74, 6) is -1.94. The Labute approximate surface area is 116 Å². The molecule has 1 amide bonds. The summed E-state index contributed by atoms with van der Waals surface area (Å²) in [5.41, 5.74) is 2.25. The van der Waals surface area contributed by atoms with Crippen molar-refractivity contribution in [2.45, 2.75) is 25.7 Å². The van der Waals surface area contributed by atoms with Gasteiger partial charge in [0.15, 0.2) is 5.78 Å². The van der Waals surface area contributed by atoms with Gasteiger partial charge < -0.3 is 10.4 Å². The molecule has 1 saturated carbocycles. The van der Waals surface area contributed by atoms with Crippen LogP contribution >= 0.6 is 0 Å². The molecule has 1 aromatic carbocycles. The van der Waals surface area contributed by atoms with Crippen LogP contribution in [0.15, 0.2) is 18.2 Å². The number of hydrogen-bond donors (Lipinski definition) is 2. The summed E-state index contributed by atoms with van der Waals surface area (Å²) in [7, 11) is 0. The van der Waals surface area contributed by atoms with E-state index in [-0.39, 0.29) is 11.7 Å². The molecule has 3 rings (SSSR count). The topological polar surface area (TPSA) is 83.5 Å². The lowest BCUT2D eigenvalue weighted by molar-refractivity contribution is -0.146. The molecule has 0 aromatic heterocycles. The standard InChI is InChI=1S/C15H15NO4/c17-13-6-2-8-7-9(1-5-12(8)16-13)14(18)10-3-4-11(10)15(19)20/h1,5,7,10-11H,2-4,6H2,(H,16,17)(H,19,20). The second-order valence-electron chi connectivity index (χ2n) is 5.41. The molecule has 0 saturated heterocycles. The van der Waals surface area contributed by atoms with E-state index in [1.807, 2.05) is 0 Å². The predicted octanol–water partition coefficient (Wildman–Crippen LogP) is 1.86. The molecule has 5 nitrogen and oxygen atoms in total. The largest absolute Gasteiger partial charge is 0.481 e. The number of ketones is 1. The average Bonchev–Trinajstić information content (AvgIpc) is 2.36. The van der Waals surface area contributed by atoms with Crippen molar-refractivity contribution in [3.8, 4) is 0 Å².